The molecule has 0 unspecified atom stereocenters. The van der Waals surface area contributed by atoms with E-state index in [-0.39, 0.29) is 5.91 Å². The first-order valence-electron chi connectivity index (χ1n) is 12.0. The fourth-order valence-electron chi connectivity index (χ4n) is 3.62. The lowest BCUT2D eigenvalue weighted by Gasteiger charge is -2.20. The quantitative estimate of drug-likeness (QED) is 0.197. The summed E-state index contributed by atoms with van der Waals surface area (Å²) in [5.74, 6) is 0.483. The van der Waals surface area contributed by atoms with Gasteiger partial charge in [0.2, 0.25) is 0 Å². The van der Waals surface area contributed by atoms with E-state index in [1.165, 1.54) is 23.1 Å². The summed E-state index contributed by atoms with van der Waals surface area (Å²) in [5, 5.41) is 7.13. The Morgan fingerprint density at radius 1 is 0.756 bits per heavy atom. The largest absolute Gasteiger partial charge is 0.499 e. The van der Waals surface area contributed by atoms with E-state index in [1.807, 2.05) is 30.3 Å². The average Bonchev–Trinajstić information content (AvgIpc) is 3.44. The maximum absolute atomic E-state index is 13.1. The SMILES string of the molecule is O=C(Nc1ccc(-c2ncn(-c3ccc(OC(F)(F)C(F)(F)F)cc3)n2)cc1)c1cccc(Oc2ccccc2)c1. The maximum atomic E-state index is 13.1. The van der Waals surface area contributed by atoms with E-state index in [2.05, 4.69) is 20.1 Å². The Labute approximate surface area is 229 Å². The van der Waals surface area contributed by atoms with Gasteiger partial charge >= 0.3 is 12.3 Å². The molecular formula is C29H19F5N4O3. The molecule has 0 saturated carbocycles. The molecule has 0 aliphatic rings. The van der Waals surface area contributed by atoms with E-state index in [9.17, 15) is 26.7 Å². The number of hydrogen-bond donors (Lipinski definition) is 1. The van der Waals surface area contributed by atoms with Gasteiger partial charge < -0.3 is 14.8 Å². The molecule has 1 heterocycles. The van der Waals surface area contributed by atoms with Crippen LogP contribution >= 0.6 is 0 Å². The van der Waals surface area contributed by atoms with Gasteiger partial charge in [0.05, 0.1) is 5.69 Å². The zero-order chi connectivity index (χ0) is 29.0. The van der Waals surface area contributed by atoms with Crippen molar-refractivity contribution in [3.63, 3.8) is 0 Å². The Hall–Kier alpha value is -5.26. The number of aromatic nitrogens is 3. The van der Waals surface area contributed by atoms with Crippen molar-refractivity contribution in [3.05, 3.63) is 115 Å². The van der Waals surface area contributed by atoms with Crippen molar-refractivity contribution in [2.75, 3.05) is 5.32 Å². The van der Waals surface area contributed by atoms with Crippen molar-refractivity contribution in [1.82, 2.24) is 14.8 Å². The fourth-order valence-corrected chi connectivity index (χ4v) is 3.62. The smallest absolute Gasteiger partial charge is 0.457 e. The van der Waals surface area contributed by atoms with Crippen LogP contribution in [0.25, 0.3) is 17.1 Å². The van der Waals surface area contributed by atoms with Gasteiger partial charge in [-0.2, -0.15) is 22.0 Å². The van der Waals surface area contributed by atoms with Gasteiger partial charge in [0.15, 0.2) is 5.82 Å². The third-order valence-electron chi connectivity index (χ3n) is 5.65. The number of hydrogen-bond acceptors (Lipinski definition) is 5. The van der Waals surface area contributed by atoms with Crippen molar-refractivity contribution < 1.29 is 36.2 Å². The van der Waals surface area contributed by atoms with Gasteiger partial charge in [0, 0.05) is 16.8 Å². The van der Waals surface area contributed by atoms with Gasteiger partial charge in [0.1, 0.15) is 23.6 Å². The number of nitrogens with one attached hydrogen (secondary N) is 1. The zero-order valence-corrected chi connectivity index (χ0v) is 20.8. The van der Waals surface area contributed by atoms with Gasteiger partial charge in [-0.15, -0.1) is 5.10 Å². The van der Waals surface area contributed by atoms with Crippen molar-refractivity contribution in [1.29, 1.82) is 0 Å². The van der Waals surface area contributed by atoms with Crippen molar-refractivity contribution in [2.24, 2.45) is 0 Å². The summed E-state index contributed by atoms with van der Waals surface area (Å²) in [5.41, 5.74) is 1.90. The lowest BCUT2D eigenvalue weighted by Crippen LogP contribution is -2.41. The molecule has 1 N–H and O–H groups in total. The number of benzene rings is 4. The summed E-state index contributed by atoms with van der Waals surface area (Å²) < 4.78 is 74.1. The third-order valence-corrected chi connectivity index (χ3v) is 5.65. The van der Waals surface area contributed by atoms with E-state index in [1.54, 1.807) is 48.5 Å². The van der Waals surface area contributed by atoms with E-state index in [4.69, 9.17) is 4.74 Å². The fraction of sp³-hybridized carbons (Fsp3) is 0.0690. The zero-order valence-electron chi connectivity index (χ0n) is 20.8. The highest BCUT2D eigenvalue weighted by molar-refractivity contribution is 6.04. The van der Waals surface area contributed by atoms with E-state index in [0.717, 1.165) is 12.1 Å². The molecule has 41 heavy (non-hydrogen) atoms. The molecule has 1 aromatic heterocycles. The summed E-state index contributed by atoms with van der Waals surface area (Å²) in [6, 6.07) is 27.1. The number of anilines is 1. The van der Waals surface area contributed by atoms with E-state index >= 15 is 0 Å². The molecule has 0 spiro atoms. The molecule has 5 rings (SSSR count). The number of carbonyl (C=O) groups is 1. The van der Waals surface area contributed by atoms with E-state index < -0.39 is 18.0 Å². The monoisotopic (exact) mass is 566 g/mol. The highest BCUT2D eigenvalue weighted by Gasteiger charge is 2.61. The molecular weight excluding hydrogens is 547 g/mol. The molecule has 0 radical (unpaired) electrons. The third kappa shape index (κ3) is 6.49. The number of amides is 1. The lowest BCUT2D eigenvalue weighted by atomic mass is 10.1. The molecule has 0 aliphatic heterocycles. The van der Waals surface area contributed by atoms with Crippen LogP contribution in [-0.2, 0) is 0 Å². The number of nitrogens with zero attached hydrogens (tertiary/aromatic N) is 3. The lowest BCUT2D eigenvalue weighted by molar-refractivity contribution is -0.360. The van der Waals surface area contributed by atoms with Crippen LogP contribution in [0.1, 0.15) is 10.4 Å². The highest BCUT2D eigenvalue weighted by atomic mass is 19.4. The normalized spacial score (nSPS) is 11.6. The second kappa shape index (κ2) is 11.1. The number of halogens is 5. The molecule has 208 valence electrons. The second-order valence-corrected chi connectivity index (χ2v) is 8.60. The van der Waals surface area contributed by atoms with Crippen LogP contribution in [0, 0.1) is 0 Å². The van der Waals surface area contributed by atoms with Crippen molar-refractivity contribution in [3.8, 4) is 34.3 Å². The second-order valence-electron chi connectivity index (χ2n) is 8.60. The molecule has 0 saturated heterocycles. The topological polar surface area (TPSA) is 78.3 Å². The summed E-state index contributed by atoms with van der Waals surface area (Å²) in [7, 11) is 0. The van der Waals surface area contributed by atoms with Crippen LogP contribution in [0.3, 0.4) is 0 Å². The maximum Gasteiger partial charge on any atom is 0.499 e. The number of carbonyl (C=O) groups excluding carboxylic acids is 1. The standard InChI is InChI=1S/C29H19F5N4O3/c30-28(31,32)29(33,34)41-24-15-13-22(14-16-24)38-18-35-26(37-38)19-9-11-21(12-10-19)36-27(39)20-5-4-8-25(17-20)40-23-6-2-1-3-7-23/h1-18H,(H,36,39). The predicted molar refractivity (Wildman–Crippen MR) is 139 cm³/mol. The van der Waals surface area contributed by atoms with E-state index in [0.29, 0.717) is 39.8 Å². The first kappa shape index (κ1) is 27.3. The molecule has 1 amide bonds. The van der Waals surface area contributed by atoms with Crippen molar-refractivity contribution >= 4 is 11.6 Å². The minimum Gasteiger partial charge on any atom is -0.457 e. The van der Waals surface area contributed by atoms with Gasteiger partial charge in [-0.1, -0.05) is 24.3 Å². The molecule has 5 aromatic rings. The first-order chi connectivity index (χ1) is 19.6. The molecule has 0 bridgehead atoms. The first-order valence-corrected chi connectivity index (χ1v) is 12.0. The van der Waals surface area contributed by atoms with Gasteiger partial charge in [0.25, 0.3) is 5.91 Å². The van der Waals surface area contributed by atoms with Crippen molar-refractivity contribution in [2.45, 2.75) is 12.3 Å². The van der Waals surface area contributed by atoms with Gasteiger partial charge in [-0.3, -0.25) is 4.79 Å². The highest BCUT2D eigenvalue weighted by Crippen LogP contribution is 2.37. The van der Waals surface area contributed by atoms with Crippen LogP contribution in [0.2, 0.25) is 0 Å². The summed E-state index contributed by atoms with van der Waals surface area (Å²) >= 11 is 0. The van der Waals surface area contributed by atoms with Gasteiger partial charge in [-0.25, -0.2) is 9.67 Å². The number of ether oxygens (including phenoxy) is 2. The molecule has 0 aliphatic carbocycles. The van der Waals surface area contributed by atoms with Gasteiger partial charge in [-0.05, 0) is 78.9 Å². The average molecular weight is 566 g/mol. The Balaban J connectivity index is 1.22. The van der Waals surface area contributed by atoms with Crippen LogP contribution in [-0.4, -0.2) is 33.0 Å². The van der Waals surface area contributed by atoms with Crippen LogP contribution in [0.4, 0.5) is 27.6 Å². The Morgan fingerprint density at radius 2 is 1.44 bits per heavy atom. The Morgan fingerprint density at radius 3 is 2.12 bits per heavy atom. The van der Waals surface area contributed by atoms with Crippen LogP contribution in [0.5, 0.6) is 17.2 Å². The number of alkyl halides is 5. The minimum atomic E-state index is -5.84. The summed E-state index contributed by atoms with van der Waals surface area (Å²) in [6.45, 7) is 0. The molecule has 7 nitrogen and oxygen atoms in total. The number of para-hydroxylation sites is 1. The molecule has 4 aromatic carbocycles. The molecule has 12 heteroatoms. The Bertz CT molecular complexity index is 1640. The molecule has 0 atom stereocenters. The predicted octanol–water partition coefficient (Wildman–Crippen LogP) is 7.51. The minimum absolute atomic E-state index is 0.317. The van der Waals surface area contributed by atoms with Crippen LogP contribution < -0.4 is 14.8 Å². The number of rotatable bonds is 8. The Kier molecular flexibility index (Phi) is 7.38. The summed E-state index contributed by atoms with van der Waals surface area (Å²) in [4.78, 5) is 17.0. The summed E-state index contributed by atoms with van der Waals surface area (Å²) in [6.07, 6.45) is -9.80. The molecule has 0 fully saturated rings. The van der Waals surface area contributed by atoms with Crippen LogP contribution in [0.15, 0.2) is 109 Å².